The van der Waals surface area contributed by atoms with Crippen LogP contribution in [0, 0.1) is 23.0 Å². The topological polar surface area (TPSA) is 96.6 Å². The number of aryl methyl sites for hydroxylation is 1. The van der Waals surface area contributed by atoms with Gasteiger partial charge in [-0.1, -0.05) is 0 Å². The second kappa shape index (κ2) is 6.51. The third kappa shape index (κ3) is 3.90. The van der Waals surface area contributed by atoms with Gasteiger partial charge in [0, 0.05) is 25.1 Å². The van der Waals surface area contributed by atoms with E-state index in [1.165, 1.54) is 6.20 Å². The number of piperidine rings is 1. The van der Waals surface area contributed by atoms with E-state index in [0.29, 0.717) is 17.9 Å². The summed E-state index contributed by atoms with van der Waals surface area (Å²) in [6, 6.07) is 1.73. The number of carboxylic acid groups (broad SMARTS) is 1. The van der Waals surface area contributed by atoms with Gasteiger partial charge in [-0.3, -0.25) is 14.9 Å². The second-order valence-electron chi connectivity index (χ2n) is 5.47. The molecule has 7 nitrogen and oxygen atoms in total. The number of nitro groups is 1. The molecule has 1 saturated heterocycles. The summed E-state index contributed by atoms with van der Waals surface area (Å²) >= 11 is 0. The molecule has 1 unspecified atom stereocenters. The summed E-state index contributed by atoms with van der Waals surface area (Å²) in [6.07, 6.45) is 4.16. The van der Waals surface area contributed by atoms with E-state index in [4.69, 9.17) is 5.11 Å². The van der Waals surface area contributed by atoms with E-state index in [9.17, 15) is 14.9 Å². The van der Waals surface area contributed by atoms with E-state index in [1.54, 1.807) is 13.0 Å². The van der Waals surface area contributed by atoms with Crippen LogP contribution < -0.4 is 4.90 Å². The Morgan fingerprint density at radius 1 is 1.62 bits per heavy atom. The van der Waals surface area contributed by atoms with Gasteiger partial charge in [-0.05, 0) is 38.2 Å². The van der Waals surface area contributed by atoms with Crippen molar-refractivity contribution in [2.75, 3.05) is 18.0 Å². The van der Waals surface area contributed by atoms with Gasteiger partial charge in [0.25, 0.3) is 5.69 Å². The molecule has 0 spiro atoms. The van der Waals surface area contributed by atoms with Gasteiger partial charge in [0.15, 0.2) is 0 Å². The molecule has 0 aromatic carbocycles. The Morgan fingerprint density at radius 2 is 2.38 bits per heavy atom. The number of hydrogen-bond acceptors (Lipinski definition) is 5. The summed E-state index contributed by atoms with van der Waals surface area (Å²) in [5.74, 6) is 0.307. The number of aliphatic carboxylic acids is 1. The van der Waals surface area contributed by atoms with Crippen molar-refractivity contribution < 1.29 is 14.8 Å². The number of carboxylic acids is 1. The first-order valence-corrected chi connectivity index (χ1v) is 7.05. The van der Waals surface area contributed by atoms with E-state index >= 15 is 0 Å². The van der Waals surface area contributed by atoms with Crippen LogP contribution in [0.5, 0.6) is 0 Å². The zero-order valence-electron chi connectivity index (χ0n) is 12.0. The quantitative estimate of drug-likeness (QED) is 0.661. The maximum Gasteiger partial charge on any atom is 0.303 e. The summed E-state index contributed by atoms with van der Waals surface area (Å²) in [5.41, 5.74) is 0.621. The molecule has 0 aliphatic carbocycles. The highest BCUT2D eigenvalue weighted by atomic mass is 16.6. The minimum absolute atomic E-state index is 0.0261. The van der Waals surface area contributed by atoms with E-state index in [2.05, 4.69) is 9.88 Å². The van der Waals surface area contributed by atoms with Crippen molar-refractivity contribution in [1.82, 2.24) is 4.98 Å². The Hall–Kier alpha value is -2.18. The fourth-order valence-corrected chi connectivity index (χ4v) is 2.73. The van der Waals surface area contributed by atoms with Crippen LogP contribution in [0.4, 0.5) is 11.5 Å². The molecule has 1 N–H and O–H groups in total. The maximum absolute atomic E-state index is 10.8. The molecule has 1 aliphatic heterocycles. The van der Waals surface area contributed by atoms with Gasteiger partial charge in [-0.25, -0.2) is 4.98 Å². The first-order chi connectivity index (χ1) is 9.97. The third-order valence-electron chi connectivity index (χ3n) is 3.87. The predicted octanol–water partition coefficient (Wildman–Crippen LogP) is 2.38. The summed E-state index contributed by atoms with van der Waals surface area (Å²) in [4.78, 5) is 27.3. The lowest BCUT2D eigenvalue weighted by Gasteiger charge is -2.33. The van der Waals surface area contributed by atoms with Gasteiger partial charge in [-0.15, -0.1) is 0 Å². The van der Waals surface area contributed by atoms with Crippen molar-refractivity contribution in [3.8, 4) is 0 Å². The number of hydrogen-bond donors (Lipinski definition) is 1. The zero-order chi connectivity index (χ0) is 15.4. The minimum Gasteiger partial charge on any atom is -0.481 e. The molecule has 7 heteroatoms. The fourth-order valence-electron chi connectivity index (χ4n) is 2.73. The monoisotopic (exact) mass is 293 g/mol. The number of aromatic nitrogens is 1. The largest absolute Gasteiger partial charge is 0.481 e. The van der Waals surface area contributed by atoms with Gasteiger partial charge < -0.3 is 10.0 Å². The van der Waals surface area contributed by atoms with Crippen molar-refractivity contribution in [2.24, 2.45) is 5.92 Å². The molecule has 114 valence electrons. The van der Waals surface area contributed by atoms with Crippen LogP contribution in [-0.2, 0) is 4.79 Å². The van der Waals surface area contributed by atoms with Crippen LogP contribution in [0.15, 0.2) is 12.3 Å². The molecular weight excluding hydrogens is 274 g/mol. The number of pyridine rings is 1. The number of anilines is 1. The molecule has 2 heterocycles. The average Bonchev–Trinajstić information content (AvgIpc) is 2.45. The van der Waals surface area contributed by atoms with Crippen LogP contribution in [0.25, 0.3) is 0 Å². The highest BCUT2D eigenvalue weighted by molar-refractivity contribution is 5.66. The van der Waals surface area contributed by atoms with Crippen molar-refractivity contribution >= 4 is 17.5 Å². The average molecular weight is 293 g/mol. The highest BCUT2D eigenvalue weighted by Gasteiger charge is 2.22. The van der Waals surface area contributed by atoms with Gasteiger partial charge in [0.2, 0.25) is 0 Å². The van der Waals surface area contributed by atoms with Crippen LogP contribution >= 0.6 is 0 Å². The zero-order valence-corrected chi connectivity index (χ0v) is 12.0. The lowest BCUT2D eigenvalue weighted by molar-refractivity contribution is -0.385. The van der Waals surface area contributed by atoms with E-state index in [0.717, 1.165) is 31.7 Å². The molecular formula is C14H19N3O4. The lowest BCUT2D eigenvalue weighted by atomic mass is 9.93. The highest BCUT2D eigenvalue weighted by Crippen LogP contribution is 2.27. The Labute approximate surface area is 122 Å². The smallest absolute Gasteiger partial charge is 0.303 e. The lowest BCUT2D eigenvalue weighted by Crippen LogP contribution is -2.36. The first-order valence-electron chi connectivity index (χ1n) is 7.05. The molecule has 0 amide bonds. The van der Waals surface area contributed by atoms with Gasteiger partial charge >= 0.3 is 5.97 Å². The standard InChI is InChI=1S/C14H19N3O4/c1-10-7-13(15-8-12(10)17(20)21)16-6-2-3-11(9-16)4-5-14(18)19/h7-8,11H,2-6,9H2,1H3,(H,18,19). The minimum atomic E-state index is -0.767. The van der Waals surface area contributed by atoms with Crippen molar-refractivity contribution in [3.63, 3.8) is 0 Å². The first kappa shape index (κ1) is 15.2. The Kier molecular flexibility index (Phi) is 4.72. The second-order valence-corrected chi connectivity index (χ2v) is 5.47. The normalized spacial score (nSPS) is 18.5. The van der Waals surface area contributed by atoms with Crippen LogP contribution in [0.3, 0.4) is 0 Å². The Morgan fingerprint density at radius 3 is 3.00 bits per heavy atom. The summed E-state index contributed by atoms with van der Waals surface area (Å²) in [6.45, 7) is 3.32. The molecule has 0 radical (unpaired) electrons. The molecule has 0 bridgehead atoms. The van der Waals surface area contributed by atoms with E-state index in [-0.39, 0.29) is 12.1 Å². The fraction of sp³-hybridized carbons (Fsp3) is 0.571. The summed E-state index contributed by atoms with van der Waals surface area (Å²) < 4.78 is 0. The molecule has 0 saturated carbocycles. The van der Waals surface area contributed by atoms with Gasteiger partial charge in [0.05, 0.1) is 4.92 Å². The van der Waals surface area contributed by atoms with Crippen LogP contribution in [0.2, 0.25) is 0 Å². The van der Waals surface area contributed by atoms with Crippen molar-refractivity contribution in [1.29, 1.82) is 0 Å². The van der Waals surface area contributed by atoms with Crippen LogP contribution in [-0.4, -0.2) is 34.1 Å². The number of nitrogens with zero attached hydrogens (tertiary/aromatic N) is 3. The predicted molar refractivity (Wildman–Crippen MR) is 77.4 cm³/mol. The van der Waals surface area contributed by atoms with Crippen molar-refractivity contribution in [2.45, 2.75) is 32.6 Å². The molecule has 1 aromatic rings. The number of rotatable bonds is 5. The number of carbonyl (C=O) groups is 1. The molecule has 1 aromatic heterocycles. The molecule has 1 atom stereocenters. The summed E-state index contributed by atoms with van der Waals surface area (Å²) in [5, 5.41) is 19.6. The SMILES string of the molecule is Cc1cc(N2CCCC(CCC(=O)O)C2)ncc1[N+](=O)[O-]. The van der Waals surface area contributed by atoms with Crippen LogP contribution in [0.1, 0.15) is 31.2 Å². The summed E-state index contributed by atoms with van der Waals surface area (Å²) in [7, 11) is 0. The molecule has 1 fully saturated rings. The third-order valence-corrected chi connectivity index (χ3v) is 3.87. The van der Waals surface area contributed by atoms with Gasteiger partial charge in [-0.2, -0.15) is 0 Å². The molecule has 2 rings (SSSR count). The van der Waals surface area contributed by atoms with E-state index < -0.39 is 10.9 Å². The van der Waals surface area contributed by atoms with Gasteiger partial charge in [0.1, 0.15) is 12.0 Å². The maximum atomic E-state index is 10.8. The Bertz CT molecular complexity index is 547. The van der Waals surface area contributed by atoms with E-state index in [1.807, 2.05) is 0 Å². The molecule has 21 heavy (non-hydrogen) atoms. The van der Waals surface area contributed by atoms with Crippen molar-refractivity contribution in [3.05, 3.63) is 27.9 Å². The molecule has 1 aliphatic rings. The Balaban J connectivity index is 2.05.